The maximum Gasteiger partial charge on any atom is 0.435 e. The first-order chi connectivity index (χ1) is 9.65. The molecule has 2 rings (SSSR count). The second-order valence-corrected chi connectivity index (χ2v) is 5.91. The summed E-state index contributed by atoms with van der Waals surface area (Å²) in [5.41, 5.74) is 0.976. The van der Waals surface area contributed by atoms with Crippen LogP contribution < -0.4 is 0 Å². The van der Waals surface area contributed by atoms with Crippen LogP contribution in [0.5, 0.6) is 0 Å². The van der Waals surface area contributed by atoms with Gasteiger partial charge in [-0.3, -0.25) is 0 Å². The molecule has 4 nitrogen and oxygen atoms in total. The minimum absolute atomic E-state index is 0.126. The van der Waals surface area contributed by atoms with Gasteiger partial charge in [0.15, 0.2) is 5.17 Å². The number of carbonyl (C=O) groups excluding carboxylic acids is 1. The molecule has 7 heteroatoms. The highest BCUT2D eigenvalue weighted by molar-refractivity contribution is 8.14. The summed E-state index contributed by atoms with van der Waals surface area (Å²) in [6.45, 7) is 0.569. The van der Waals surface area contributed by atoms with Crippen molar-refractivity contribution >= 4 is 46.2 Å². The van der Waals surface area contributed by atoms with Gasteiger partial charge in [0.25, 0.3) is 0 Å². The van der Waals surface area contributed by atoms with Crippen LogP contribution in [0.2, 0.25) is 5.02 Å². The number of carbonyl (C=O) groups is 1. The van der Waals surface area contributed by atoms with Gasteiger partial charge < -0.3 is 9.64 Å². The molecule has 1 atom stereocenters. The summed E-state index contributed by atoms with van der Waals surface area (Å²) in [5, 5.41) is 1.32. The molecule has 0 radical (unpaired) electrons. The van der Waals surface area contributed by atoms with E-state index in [9.17, 15) is 4.79 Å². The monoisotopic (exact) mass is 332 g/mol. The Labute approximate surface area is 132 Å². The summed E-state index contributed by atoms with van der Waals surface area (Å²) in [5.74, 6) is 1.27. The van der Waals surface area contributed by atoms with Crippen LogP contribution >= 0.6 is 35.0 Å². The van der Waals surface area contributed by atoms with E-state index in [0.29, 0.717) is 22.6 Å². The first-order valence-corrected chi connectivity index (χ1v) is 7.91. The van der Waals surface area contributed by atoms with Crippen molar-refractivity contribution in [3.63, 3.8) is 0 Å². The Balaban J connectivity index is 2.22. The third-order valence-corrected chi connectivity index (χ3v) is 4.79. The fourth-order valence-electron chi connectivity index (χ4n) is 1.85. The Hall–Kier alpha value is -0.910. The van der Waals surface area contributed by atoms with Crippen molar-refractivity contribution in [2.45, 2.75) is 12.6 Å². The third-order valence-electron chi connectivity index (χ3n) is 2.93. The van der Waals surface area contributed by atoms with Crippen LogP contribution in [0.1, 0.15) is 5.56 Å². The molecule has 1 saturated heterocycles. The topological polar surface area (TPSA) is 41.9 Å². The Morgan fingerprint density at radius 3 is 2.95 bits per heavy atom. The van der Waals surface area contributed by atoms with E-state index in [1.54, 1.807) is 0 Å². The van der Waals surface area contributed by atoms with E-state index in [0.717, 1.165) is 11.3 Å². The van der Waals surface area contributed by atoms with Gasteiger partial charge in [-0.2, -0.15) is 4.99 Å². The Morgan fingerprint density at radius 1 is 1.55 bits per heavy atom. The molecular weight excluding hydrogens is 319 g/mol. The van der Waals surface area contributed by atoms with Crippen LogP contribution in [-0.2, 0) is 11.3 Å². The molecule has 0 spiro atoms. The molecule has 1 amide bonds. The summed E-state index contributed by atoms with van der Waals surface area (Å²) in [6.07, 6.45) is -0.605. The Morgan fingerprint density at radius 2 is 2.30 bits per heavy atom. The number of rotatable bonds is 3. The zero-order valence-electron chi connectivity index (χ0n) is 10.9. The number of amides is 1. The highest BCUT2D eigenvalue weighted by atomic mass is 35.5. The molecule has 0 N–H and O–H groups in total. The van der Waals surface area contributed by atoms with Gasteiger partial charge >= 0.3 is 6.09 Å². The zero-order chi connectivity index (χ0) is 14.5. The number of ether oxygens (including phenoxy) is 1. The van der Waals surface area contributed by atoms with Crippen molar-refractivity contribution in [2.24, 2.45) is 4.99 Å². The first kappa shape index (κ1) is 15.5. The summed E-state index contributed by atoms with van der Waals surface area (Å²) in [4.78, 5) is 17.3. The highest BCUT2D eigenvalue weighted by Gasteiger charge is 2.30. The lowest BCUT2D eigenvalue weighted by molar-refractivity contribution is 0.182. The fraction of sp³-hybridized carbons (Fsp3) is 0.385. The average molecular weight is 333 g/mol. The van der Waals surface area contributed by atoms with Crippen molar-refractivity contribution in [1.82, 2.24) is 4.90 Å². The molecule has 0 aromatic heterocycles. The SMILES string of the molecule is COC(=O)/N=C1\SCC(CCl)N1Cc1ccccc1Cl. The first-order valence-electron chi connectivity index (χ1n) is 6.01. The van der Waals surface area contributed by atoms with E-state index < -0.39 is 6.09 Å². The maximum atomic E-state index is 11.3. The number of hydrogen-bond donors (Lipinski definition) is 0. The zero-order valence-corrected chi connectivity index (χ0v) is 13.2. The number of nitrogens with zero attached hydrogens (tertiary/aromatic N) is 2. The number of methoxy groups -OCH3 is 1. The van der Waals surface area contributed by atoms with Gasteiger partial charge in [-0.15, -0.1) is 11.6 Å². The predicted molar refractivity (Wildman–Crippen MR) is 83.8 cm³/mol. The van der Waals surface area contributed by atoms with Crippen LogP contribution in [0.15, 0.2) is 29.3 Å². The number of amidine groups is 1. The molecule has 1 aliphatic rings. The molecule has 0 aliphatic carbocycles. The molecule has 1 fully saturated rings. The summed E-state index contributed by atoms with van der Waals surface area (Å²) in [6, 6.07) is 7.73. The molecule has 0 bridgehead atoms. The van der Waals surface area contributed by atoms with Gasteiger partial charge in [0.2, 0.25) is 0 Å². The number of benzene rings is 1. The molecule has 108 valence electrons. The minimum Gasteiger partial charge on any atom is -0.451 e. The van der Waals surface area contributed by atoms with Crippen LogP contribution in [-0.4, -0.2) is 40.9 Å². The van der Waals surface area contributed by atoms with E-state index in [4.69, 9.17) is 23.2 Å². The van der Waals surface area contributed by atoms with E-state index in [1.807, 2.05) is 29.2 Å². The lowest BCUT2D eigenvalue weighted by Gasteiger charge is -2.24. The van der Waals surface area contributed by atoms with Gasteiger partial charge in [-0.1, -0.05) is 41.6 Å². The summed E-state index contributed by atoms with van der Waals surface area (Å²) >= 11 is 13.7. The Bertz CT molecular complexity index is 525. The molecule has 1 aliphatic heterocycles. The average Bonchev–Trinajstić information content (AvgIpc) is 2.83. The quantitative estimate of drug-likeness (QED) is 0.793. The number of hydrogen-bond acceptors (Lipinski definition) is 3. The lowest BCUT2D eigenvalue weighted by atomic mass is 10.2. The number of aliphatic imine (C=N–C) groups is 1. The van der Waals surface area contributed by atoms with Crippen LogP contribution in [0.25, 0.3) is 0 Å². The van der Waals surface area contributed by atoms with Crippen molar-refractivity contribution in [3.05, 3.63) is 34.9 Å². The van der Waals surface area contributed by atoms with Crippen molar-refractivity contribution in [2.75, 3.05) is 18.7 Å². The van der Waals surface area contributed by atoms with E-state index >= 15 is 0 Å². The van der Waals surface area contributed by atoms with E-state index in [2.05, 4.69) is 9.73 Å². The van der Waals surface area contributed by atoms with Gasteiger partial charge in [0.1, 0.15) is 0 Å². The summed E-state index contributed by atoms with van der Waals surface area (Å²) < 4.78 is 4.58. The highest BCUT2D eigenvalue weighted by Crippen LogP contribution is 2.29. The molecule has 1 aromatic carbocycles. The maximum absolute atomic E-state index is 11.3. The number of thioether (sulfide) groups is 1. The molecule has 1 aromatic rings. The lowest BCUT2D eigenvalue weighted by Crippen LogP contribution is -2.35. The smallest absolute Gasteiger partial charge is 0.435 e. The minimum atomic E-state index is -0.605. The van der Waals surface area contributed by atoms with Gasteiger partial charge in [0, 0.05) is 23.2 Å². The molecule has 1 heterocycles. The van der Waals surface area contributed by atoms with Crippen LogP contribution in [0.3, 0.4) is 0 Å². The van der Waals surface area contributed by atoms with Gasteiger partial charge in [-0.25, -0.2) is 4.79 Å². The van der Waals surface area contributed by atoms with Crippen molar-refractivity contribution in [1.29, 1.82) is 0 Å². The largest absolute Gasteiger partial charge is 0.451 e. The number of alkyl halides is 1. The molecule has 20 heavy (non-hydrogen) atoms. The normalized spacial score (nSPS) is 20.4. The third kappa shape index (κ3) is 3.59. The van der Waals surface area contributed by atoms with Crippen LogP contribution in [0, 0.1) is 0 Å². The fourth-order valence-corrected chi connectivity index (χ4v) is 3.61. The molecule has 0 saturated carbocycles. The van der Waals surface area contributed by atoms with Gasteiger partial charge in [-0.05, 0) is 11.6 Å². The van der Waals surface area contributed by atoms with E-state index in [1.165, 1.54) is 18.9 Å². The number of halogens is 2. The predicted octanol–water partition coefficient (Wildman–Crippen LogP) is 3.62. The van der Waals surface area contributed by atoms with Crippen LogP contribution in [0.4, 0.5) is 4.79 Å². The summed E-state index contributed by atoms with van der Waals surface area (Å²) in [7, 11) is 1.31. The van der Waals surface area contributed by atoms with Crippen molar-refractivity contribution in [3.8, 4) is 0 Å². The molecule has 1 unspecified atom stereocenters. The second-order valence-electron chi connectivity index (χ2n) is 4.20. The van der Waals surface area contributed by atoms with Crippen molar-refractivity contribution < 1.29 is 9.53 Å². The van der Waals surface area contributed by atoms with Gasteiger partial charge in [0.05, 0.1) is 13.2 Å². The standard InChI is InChI=1S/C13H14Cl2N2O2S/c1-19-13(18)16-12-17(10(6-14)8-20-12)7-9-4-2-3-5-11(9)15/h2-5,10H,6-8H2,1H3/b16-12-. The second kappa shape index (κ2) is 7.20. The molecular formula is C13H14Cl2N2O2S. The Kier molecular flexibility index (Phi) is 5.57. The van der Waals surface area contributed by atoms with E-state index in [-0.39, 0.29) is 6.04 Å².